The molecule has 0 aliphatic rings. The van der Waals surface area contributed by atoms with Crippen molar-refractivity contribution in [1.29, 1.82) is 0 Å². The van der Waals surface area contributed by atoms with Crippen LogP contribution >= 0.6 is 23.2 Å². The Morgan fingerprint density at radius 3 is 2.41 bits per heavy atom. The molecular weight excluding hydrogens is 259 g/mol. The molecule has 1 rings (SSSR count). The number of rotatable bonds is 4. The van der Waals surface area contributed by atoms with Crippen molar-refractivity contribution in [3.8, 4) is 0 Å². The Labute approximate surface area is 112 Å². The molecule has 0 aliphatic carbocycles. The summed E-state index contributed by atoms with van der Waals surface area (Å²) in [6, 6.07) is 5.15. The van der Waals surface area contributed by atoms with Gasteiger partial charge in [0.25, 0.3) is 0 Å². The third-order valence-electron chi connectivity index (χ3n) is 3.34. The zero-order chi connectivity index (χ0) is 13.2. The fraction of sp³-hybridized carbons (Fsp3) is 0.462. The molecule has 0 radical (unpaired) electrons. The van der Waals surface area contributed by atoms with Crippen LogP contribution in [0.1, 0.15) is 26.3 Å². The highest BCUT2D eigenvalue weighted by atomic mass is 35.5. The highest BCUT2D eigenvalue weighted by Gasteiger charge is 2.37. The number of hydrogen-bond acceptors (Lipinski definition) is 1. The summed E-state index contributed by atoms with van der Waals surface area (Å²) in [5.41, 5.74) is -0.00745. The fourth-order valence-electron chi connectivity index (χ4n) is 1.59. The predicted molar refractivity (Wildman–Crippen MR) is 70.7 cm³/mol. The first-order valence-corrected chi connectivity index (χ1v) is 6.20. The molecule has 1 atom stereocenters. The molecule has 0 saturated heterocycles. The van der Waals surface area contributed by atoms with E-state index in [1.54, 1.807) is 25.1 Å². The van der Waals surface area contributed by atoms with Crippen molar-refractivity contribution in [2.75, 3.05) is 0 Å². The molecule has 0 saturated carbocycles. The SMILES string of the molecule is CC(C)C(C)(Cc1ccc(Cl)cc1Cl)C(=O)O. The van der Waals surface area contributed by atoms with Gasteiger partial charge in [-0.2, -0.15) is 0 Å². The summed E-state index contributed by atoms with van der Waals surface area (Å²) in [5.74, 6) is -0.787. The molecule has 94 valence electrons. The summed E-state index contributed by atoms with van der Waals surface area (Å²) in [5, 5.41) is 10.4. The third-order valence-corrected chi connectivity index (χ3v) is 3.92. The van der Waals surface area contributed by atoms with Crippen LogP contribution in [0, 0.1) is 11.3 Å². The van der Waals surface area contributed by atoms with Gasteiger partial charge in [0, 0.05) is 10.0 Å². The van der Waals surface area contributed by atoms with Crippen molar-refractivity contribution < 1.29 is 9.90 Å². The van der Waals surface area contributed by atoms with Gasteiger partial charge in [-0.05, 0) is 37.0 Å². The van der Waals surface area contributed by atoms with Crippen LogP contribution in [0.2, 0.25) is 10.0 Å². The van der Waals surface area contributed by atoms with Gasteiger partial charge in [-0.15, -0.1) is 0 Å². The predicted octanol–water partition coefficient (Wildman–Crippen LogP) is 4.28. The van der Waals surface area contributed by atoms with E-state index in [4.69, 9.17) is 23.2 Å². The molecule has 0 heterocycles. The Balaban J connectivity index is 3.07. The Hall–Kier alpha value is -0.730. The van der Waals surface area contributed by atoms with Gasteiger partial charge in [0.05, 0.1) is 5.41 Å². The van der Waals surface area contributed by atoms with Gasteiger partial charge >= 0.3 is 5.97 Å². The summed E-state index contributed by atoms with van der Waals surface area (Å²) in [7, 11) is 0. The Morgan fingerprint density at radius 1 is 1.41 bits per heavy atom. The summed E-state index contributed by atoms with van der Waals surface area (Å²) < 4.78 is 0. The second-order valence-electron chi connectivity index (χ2n) is 4.79. The smallest absolute Gasteiger partial charge is 0.309 e. The zero-order valence-electron chi connectivity index (χ0n) is 10.1. The van der Waals surface area contributed by atoms with Gasteiger partial charge in [-0.3, -0.25) is 4.79 Å². The molecular formula is C13H16Cl2O2. The molecule has 1 aromatic rings. The maximum Gasteiger partial charge on any atom is 0.309 e. The Kier molecular flexibility index (Phi) is 4.45. The first-order chi connectivity index (χ1) is 7.77. The minimum atomic E-state index is -0.822. The maximum atomic E-state index is 11.4. The topological polar surface area (TPSA) is 37.3 Å². The van der Waals surface area contributed by atoms with Gasteiger partial charge in [0.1, 0.15) is 0 Å². The maximum absolute atomic E-state index is 11.4. The highest BCUT2D eigenvalue weighted by Crippen LogP contribution is 2.34. The van der Waals surface area contributed by atoms with E-state index in [2.05, 4.69) is 0 Å². The largest absolute Gasteiger partial charge is 0.481 e. The second kappa shape index (κ2) is 5.28. The van der Waals surface area contributed by atoms with Crippen LogP contribution in [0.4, 0.5) is 0 Å². The molecule has 2 nitrogen and oxygen atoms in total. The lowest BCUT2D eigenvalue weighted by atomic mass is 9.74. The van der Waals surface area contributed by atoms with Crippen molar-refractivity contribution in [1.82, 2.24) is 0 Å². The molecule has 1 aromatic carbocycles. The lowest BCUT2D eigenvalue weighted by Crippen LogP contribution is -2.35. The van der Waals surface area contributed by atoms with Gasteiger partial charge < -0.3 is 5.11 Å². The minimum absolute atomic E-state index is 0.0201. The van der Waals surface area contributed by atoms with E-state index in [0.29, 0.717) is 16.5 Å². The average molecular weight is 275 g/mol. The van der Waals surface area contributed by atoms with Crippen LogP contribution in [-0.2, 0) is 11.2 Å². The van der Waals surface area contributed by atoms with E-state index < -0.39 is 11.4 Å². The minimum Gasteiger partial charge on any atom is -0.481 e. The molecule has 0 spiro atoms. The number of hydrogen-bond donors (Lipinski definition) is 1. The van der Waals surface area contributed by atoms with Crippen molar-refractivity contribution in [2.24, 2.45) is 11.3 Å². The monoisotopic (exact) mass is 274 g/mol. The fourth-order valence-corrected chi connectivity index (χ4v) is 2.06. The molecule has 1 N–H and O–H groups in total. The van der Waals surface area contributed by atoms with Gasteiger partial charge in [0.2, 0.25) is 0 Å². The van der Waals surface area contributed by atoms with Crippen LogP contribution in [0.3, 0.4) is 0 Å². The van der Waals surface area contributed by atoms with E-state index in [9.17, 15) is 9.90 Å². The number of aliphatic carboxylic acids is 1. The molecule has 17 heavy (non-hydrogen) atoms. The molecule has 0 fully saturated rings. The van der Waals surface area contributed by atoms with E-state index in [-0.39, 0.29) is 5.92 Å². The molecule has 0 bridgehead atoms. The first kappa shape index (κ1) is 14.3. The number of carbonyl (C=O) groups is 1. The lowest BCUT2D eigenvalue weighted by molar-refractivity contribution is -0.150. The van der Waals surface area contributed by atoms with Crippen molar-refractivity contribution >= 4 is 29.2 Å². The first-order valence-electron chi connectivity index (χ1n) is 5.44. The summed E-state index contributed by atoms with van der Waals surface area (Å²) in [4.78, 5) is 11.4. The van der Waals surface area contributed by atoms with Gasteiger partial charge in [-0.1, -0.05) is 43.1 Å². The standard InChI is InChI=1S/C13H16Cl2O2/c1-8(2)13(3,12(16)17)7-9-4-5-10(14)6-11(9)15/h4-6,8H,7H2,1-3H3,(H,16,17). The number of carboxylic acid groups (broad SMARTS) is 1. The van der Waals surface area contributed by atoms with Crippen LogP contribution in [0.5, 0.6) is 0 Å². The summed E-state index contributed by atoms with van der Waals surface area (Å²) in [6.45, 7) is 5.54. The average Bonchev–Trinajstić information content (AvgIpc) is 2.21. The number of benzene rings is 1. The lowest BCUT2D eigenvalue weighted by Gasteiger charge is -2.29. The molecule has 0 aliphatic heterocycles. The van der Waals surface area contributed by atoms with Crippen LogP contribution in [0.25, 0.3) is 0 Å². The normalized spacial score (nSPS) is 14.7. The van der Waals surface area contributed by atoms with Crippen LogP contribution in [0.15, 0.2) is 18.2 Å². The van der Waals surface area contributed by atoms with Crippen molar-refractivity contribution in [3.05, 3.63) is 33.8 Å². The van der Waals surface area contributed by atoms with E-state index in [0.717, 1.165) is 5.56 Å². The molecule has 1 unspecified atom stereocenters. The summed E-state index contributed by atoms with van der Waals surface area (Å²) in [6.07, 6.45) is 0.399. The number of halogens is 2. The van der Waals surface area contributed by atoms with Gasteiger partial charge in [-0.25, -0.2) is 0 Å². The van der Waals surface area contributed by atoms with Gasteiger partial charge in [0.15, 0.2) is 0 Å². The van der Waals surface area contributed by atoms with E-state index >= 15 is 0 Å². The van der Waals surface area contributed by atoms with E-state index in [1.165, 1.54) is 0 Å². The van der Waals surface area contributed by atoms with Crippen LogP contribution < -0.4 is 0 Å². The third kappa shape index (κ3) is 3.14. The Bertz CT molecular complexity index is 429. The highest BCUT2D eigenvalue weighted by molar-refractivity contribution is 6.35. The molecule has 0 aromatic heterocycles. The second-order valence-corrected chi connectivity index (χ2v) is 5.63. The zero-order valence-corrected chi connectivity index (χ0v) is 11.6. The number of carboxylic acids is 1. The Morgan fingerprint density at radius 2 is 2.00 bits per heavy atom. The van der Waals surface area contributed by atoms with Crippen molar-refractivity contribution in [2.45, 2.75) is 27.2 Å². The van der Waals surface area contributed by atoms with E-state index in [1.807, 2.05) is 13.8 Å². The van der Waals surface area contributed by atoms with Crippen LogP contribution in [-0.4, -0.2) is 11.1 Å². The molecule has 0 amide bonds. The summed E-state index contributed by atoms with van der Waals surface area (Å²) >= 11 is 11.9. The van der Waals surface area contributed by atoms with Crippen molar-refractivity contribution in [3.63, 3.8) is 0 Å². The quantitative estimate of drug-likeness (QED) is 0.890. The molecule has 4 heteroatoms.